The van der Waals surface area contributed by atoms with Crippen molar-refractivity contribution in [2.24, 2.45) is 5.92 Å². The van der Waals surface area contributed by atoms with E-state index in [1.807, 2.05) is 27.7 Å². The lowest BCUT2D eigenvalue weighted by molar-refractivity contribution is -0.126. The van der Waals surface area contributed by atoms with Gasteiger partial charge in [0.1, 0.15) is 0 Å². The topological polar surface area (TPSA) is 29.1 Å². The van der Waals surface area contributed by atoms with Crippen LogP contribution >= 0.6 is 0 Å². The Kier molecular flexibility index (Phi) is 10.7. The summed E-state index contributed by atoms with van der Waals surface area (Å²) in [4.78, 5) is 11.4. The third-order valence-corrected chi connectivity index (χ3v) is 2.41. The highest BCUT2D eigenvalue weighted by molar-refractivity contribution is 5.78. The first kappa shape index (κ1) is 19.1. The second-order valence-corrected chi connectivity index (χ2v) is 4.04. The van der Waals surface area contributed by atoms with Crippen molar-refractivity contribution in [3.05, 3.63) is 0 Å². The Morgan fingerprint density at radius 3 is 2.00 bits per heavy atom. The normalized spacial score (nSPS) is 12.1. The second kappa shape index (κ2) is 7.84. The summed E-state index contributed by atoms with van der Waals surface area (Å²) in [5, 5.41) is 3.02. The molecule has 0 aliphatic rings. The van der Waals surface area contributed by atoms with Crippen LogP contribution in [0.15, 0.2) is 0 Å². The summed E-state index contributed by atoms with van der Waals surface area (Å²) in [6, 6.07) is 0. The lowest BCUT2D eigenvalue weighted by Gasteiger charge is -2.26. The molecule has 1 amide bonds. The highest BCUT2D eigenvalue weighted by Crippen LogP contribution is 2.09. The molecule has 14 heavy (non-hydrogen) atoms. The van der Waals surface area contributed by atoms with Gasteiger partial charge in [0, 0.05) is 11.5 Å². The van der Waals surface area contributed by atoms with Crippen LogP contribution in [0.4, 0.5) is 0 Å². The molecule has 0 spiro atoms. The molecule has 1 N–H and O–H groups in total. The molecule has 0 radical (unpaired) electrons. The SMILES string of the molecule is C.C.CCC(C)C(=O)NC(C)(C)CC. The Labute approximate surface area is 90.5 Å². The molecule has 0 aromatic rings. The van der Waals surface area contributed by atoms with Gasteiger partial charge < -0.3 is 5.32 Å². The molecule has 0 fully saturated rings. The summed E-state index contributed by atoms with van der Waals surface area (Å²) in [7, 11) is 0. The van der Waals surface area contributed by atoms with Gasteiger partial charge in [0.05, 0.1) is 0 Å². The number of hydrogen-bond donors (Lipinski definition) is 1. The van der Waals surface area contributed by atoms with Gasteiger partial charge in [-0.05, 0) is 26.7 Å². The first-order valence-corrected chi connectivity index (χ1v) is 4.75. The average Bonchev–Trinajstić information content (AvgIpc) is 2.02. The van der Waals surface area contributed by atoms with Crippen LogP contribution in [0.3, 0.4) is 0 Å². The molecule has 0 aromatic heterocycles. The summed E-state index contributed by atoms with van der Waals surface area (Å²) in [5.74, 6) is 0.306. The number of carbonyl (C=O) groups excluding carboxylic acids is 1. The maximum atomic E-state index is 11.4. The van der Waals surface area contributed by atoms with Crippen molar-refractivity contribution in [3.63, 3.8) is 0 Å². The highest BCUT2D eigenvalue weighted by Gasteiger charge is 2.20. The van der Waals surface area contributed by atoms with Crippen LogP contribution in [-0.2, 0) is 4.79 Å². The highest BCUT2D eigenvalue weighted by atomic mass is 16.2. The number of amides is 1. The summed E-state index contributed by atoms with van der Waals surface area (Å²) >= 11 is 0. The minimum atomic E-state index is -0.0550. The Bertz CT molecular complexity index is 152. The Morgan fingerprint density at radius 2 is 1.71 bits per heavy atom. The molecule has 0 rings (SSSR count). The molecule has 0 aromatic carbocycles. The predicted molar refractivity (Wildman–Crippen MR) is 65.4 cm³/mol. The van der Waals surface area contributed by atoms with Crippen molar-refractivity contribution in [2.45, 2.75) is 67.9 Å². The molecule has 0 saturated carbocycles. The van der Waals surface area contributed by atoms with Gasteiger partial charge in [0.25, 0.3) is 0 Å². The summed E-state index contributed by atoms with van der Waals surface area (Å²) in [5.41, 5.74) is -0.0550. The minimum absolute atomic E-state index is 0. The van der Waals surface area contributed by atoms with Crippen LogP contribution in [-0.4, -0.2) is 11.4 Å². The third kappa shape index (κ3) is 6.93. The summed E-state index contributed by atoms with van der Waals surface area (Å²) < 4.78 is 0. The van der Waals surface area contributed by atoms with E-state index in [9.17, 15) is 4.79 Å². The fourth-order valence-corrected chi connectivity index (χ4v) is 0.730. The first-order chi connectivity index (χ1) is 5.43. The van der Waals surface area contributed by atoms with E-state index in [1.54, 1.807) is 0 Å². The molecule has 1 atom stereocenters. The summed E-state index contributed by atoms with van der Waals surface area (Å²) in [6.45, 7) is 10.2. The molecule has 0 heterocycles. The number of nitrogens with one attached hydrogen (secondary N) is 1. The fraction of sp³-hybridized carbons (Fsp3) is 0.917. The number of rotatable bonds is 4. The van der Waals surface area contributed by atoms with E-state index < -0.39 is 0 Å². The van der Waals surface area contributed by atoms with E-state index in [0.29, 0.717) is 0 Å². The Balaban J connectivity index is -0.000000605. The fourth-order valence-electron chi connectivity index (χ4n) is 0.730. The third-order valence-electron chi connectivity index (χ3n) is 2.41. The Hall–Kier alpha value is -0.530. The van der Waals surface area contributed by atoms with Crippen LogP contribution in [0.25, 0.3) is 0 Å². The zero-order chi connectivity index (χ0) is 9.78. The van der Waals surface area contributed by atoms with Crippen molar-refractivity contribution < 1.29 is 4.79 Å². The van der Waals surface area contributed by atoms with Gasteiger partial charge in [-0.2, -0.15) is 0 Å². The van der Waals surface area contributed by atoms with Gasteiger partial charge in [-0.1, -0.05) is 35.6 Å². The molecule has 2 heteroatoms. The predicted octanol–water partition coefficient (Wildman–Crippen LogP) is 3.61. The van der Waals surface area contributed by atoms with Gasteiger partial charge in [-0.3, -0.25) is 4.79 Å². The zero-order valence-electron chi connectivity index (χ0n) is 8.90. The van der Waals surface area contributed by atoms with E-state index >= 15 is 0 Å². The van der Waals surface area contributed by atoms with Gasteiger partial charge >= 0.3 is 0 Å². The van der Waals surface area contributed by atoms with Crippen molar-refractivity contribution in [2.75, 3.05) is 0 Å². The van der Waals surface area contributed by atoms with Crippen LogP contribution in [0.5, 0.6) is 0 Å². The molecule has 0 aliphatic carbocycles. The maximum Gasteiger partial charge on any atom is 0.223 e. The minimum Gasteiger partial charge on any atom is -0.351 e. The second-order valence-electron chi connectivity index (χ2n) is 4.04. The van der Waals surface area contributed by atoms with Crippen molar-refractivity contribution in [1.29, 1.82) is 0 Å². The number of carbonyl (C=O) groups is 1. The van der Waals surface area contributed by atoms with Crippen molar-refractivity contribution >= 4 is 5.91 Å². The molecule has 0 bridgehead atoms. The van der Waals surface area contributed by atoms with E-state index in [1.165, 1.54) is 0 Å². The van der Waals surface area contributed by atoms with Crippen LogP contribution in [0.2, 0.25) is 0 Å². The van der Waals surface area contributed by atoms with Crippen LogP contribution < -0.4 is 5.32 Å². The van der Waals surface area contributed by atoms with E-state index in [-0.39, 0.29) is 32.2 Å². The van der Waals surface area contributed by atoms with Crippen LogP contribution in [0.1, 0.15) is 62.3 Å². The standard InChI is InChI=1S/C10H21NO.2CH4/c1-6-8(3)9(12)11-10(4,5)7-2;;/h8H,6-7H2,1-5H3,(H,11,12);2*1H4. The smallest absolute Gasteiger partial charge is 0.223 e. The lowest BCUT2D eigenvalue weighted by Crippen LogP contribution is -2.45. The summed E-state index contributed by atoms with van der Waals surface area (Å²) in [6.07, 6.45) is 1.88. The maximum absolute atomic E-state index is 11.4. The molecular weight excluding hydrogens is 174 g/mol. The molecular formula is C12H29NO. The monoisotopic (exact) mass is 203 g/mol. The van der Waals surface area contributed by atoms with Gasteiger partial charge in [-0.15, -0.1) is 0 Å². The van der Waals surface area contributed by atoms with E-state index in [0.717, 1.165) is 12.8 Å². The molecule has 0 aliphatic heterocycles. The van der Waals surface area contributed by atoms with Gasteiger partial charge in [0.2, 0.25) is 5.91 Å². The van der Waals surface area contributed by atoms with Crippen molar-refractivity contribution in [3.8, 4) is 0 Å². The van der Waals surface area contributed by atoms with Crippen molar-refractivity contribution in [1.82, 2.24) is 5.32 Å². The van der Waals surface area contributed by atoms with E-state index in [2.05, 4.69) is 12.2 Å². The molecule has 88 valence electrons. The number of hydrogen-bond acceptors (Lipinski definition) is 1. The van der Waals surface area contributed by atoms with Crippen LogP contribution in [0, 0.1) is 5.92 Å². The zero-order valence-corrected chi connectivity index (χ0v) is 8.90. The van der Waals surface area contributed by atoms with Gasteiger partial charge in [0.15, 0.2) is 0 Å². The molecule has 1 unspecified atom stereocenters. The van der Waals surface area contributed by atoms with Gasteiger partial charge in [-0.25, -0.2) is 0 Å². The average molecular weight is 203 g/mol. The first-order valence-electron chi connectivity index (χ1n) is 4.75. The Morgan fingerprint density at radius 1 is 1.29 bits per heavy atom. The van der Waals surface area contributed by atoms with E-state index in [4.69, 9.17) is 0 Å². The molecule has 0 saturated heterocycles. The lowest BCUT2D eigenvalue weighted by atomic mass is 10.00. The molecule has 2 nitrogen and oxygen atoms in total. The quantitative estimate of drug-likeness (QED) is 0.743. The largest absolute Gasteiger partial charge is 0.351 e.